The zero-order valence-electron chi connectivity index (χ0n) is 8.96. The highest BCUT2D eigenvalue weighted by Crippen LogP contribution is 2.22. The maximum atomic E-state index is 5.75. The molecule has 0 fully saturated rings. The lowest BCUT2D eigenvalue weighted by Gasteiger charge is -2.33. The smallest absolute Gasteiger partial charge is 0.0259 e. The Kier molecular flexibility index (Phi) is 2.57. The van der Waals surface area contributed by atoms with E-state index in [1.807, 2.05) is 0 Å². The summed E-state index contributed by atoms with van der Waals surface area (Å²) < 4.78 is 0. The predicted octanol–water partition coefficient (Wildman–Crippen LogP) is 1.31. The SMILES string of the molecule is Cc1ccc2c(c1)CC(CN)N(C)C2. The Labute approximate surface area is 85.7 Å². The van der Waals surface area contributed by atoms with Gasteiger partial charge in [0.05, 0.1) is 0 Å². The van der Waals surface area contributed by atoms with Crippen molar-refractivity contribution in [2.45, 2.75) is 25.9 Å². The van der Waals surface area contributed by atoms with Crippen molar-refractivity contribution in [3.63, 3.8) is 0 Å². The van der Waals surface area contributed by atoms with Crippen LogP contribution in [0.4, 0.5) is 0 Å². The molecule has 14 heavy (non-hydrogen) atoms. The molecular weight excluding hydrogens is 172 g/mol. The number of nitrogens with zero attached hydrogens (tertiary/aromatic N) is 1. The van der Waals surface area contributed by atoms with Crippen LogP contribution in [0.2, 0.25) is 0 Å². The third-order valence-corrected chi connectivity index (χ3v) is 3.13. The number of likely N-dealkylation sites (N-methyl/N-ethyl adjacent to an activating group) is 1. The molecule has 1 aromatic rings. The third kappa shape index (κ3) is 1.68. The van der Waals surface area contributed by atoms with Crippen LogP contribution in [0.15, 0.2) is 18.2 Å². The molecule has 76 valence electrons. The molecule has 1 unspecified atom stereocenters. The van der Waals surface area contributed by atoms with Crippen molar-refractivity contribution >= 4 is 0 Å². The highest BCUT2D eigenvalue weighted by molar-refractivity contribution is 5.33. The van der Waals surface area contributed by atoms with E-state index in [0.29, 0.717) is 6.04 Å². The van der Waals surface area contributed by atoms with Gasteiger partial charge in [0.2, 0.25) is 0 Å². The molecule has 0 amide bonds. The zero-order chi connectivity index (χ0) is 10.1. The van der Waals surface area contributed by atoms with E-state index >= 15 is 0 Å². The van der Waals surface area contributed by atoms with Crippen molar-refractivity contribution in [1.82, 2.24) is 4.90 Å². The van der Waals surface area contributed by atoms with Gasteiger partial charge in [0, 0.05) is 19.1 Å². The van der Waals surface area contributed by atoms with E-state index in [1.54, 1.807) is 0 Å². The molecule has 0 aliphatic carbocycles. The maximum Gasteiger partial charge on any atom is 0.0259 e. The number of hydrogen-bond donors (Lipinski definition) is 1. The molecule has 1 aliphatic heterocycles. The third-order valence-electron chi connectivity index (χ3n) is 3.13. The van der Waals surface area contributed by atoms with Crippen molar-refractivity contribution in [1.29, 1.82) is 0 Å². The standard InChI is InChI=1S/C12H18N2/c1-9-3-4-10-8-14(2)12(7-13)6-11(10)5-9/h3-5,12H,6-8,13H2,1-2H3. The molecule has 1 heterocycles. The monoisotopic (exact) mass is 190 g/mol. The Bertz CT molecular complexity index is 333. The summed E-state index contributed by atoms with van der Waals surface area (Å²) in [5, 5.41) is 0. The lowest BCUT2D eigenvalue weighted by molar-refractivity contribution is 0.220. The normalized spacial score (nSPS) is 22.1. The molecule has 0 aromatic heterocycles. The summed E-state index contributed by atoms with van der Waals surface area (Å²) in [7, 11) is 2.15. The van der Waals surface area contributed by atoms with E-state index in [0.717, 1.165) is 19.5 Å². The largest absolute Gasteiger partial charge is 0.329 e. The molecule has 0 saturated carbocycles. The van der Waals surface area contributed by atoms with E-state index in [2.05, 4.69) is 37.1 Å². The number of nitrogens with two attached hydrogens (primary N) is 1. The van der Waals surface area contributed by atoms with Gasteiger partial charge in [-0.25, -0.2) is 0 Å². The fourth-order valence-corrected chi connectivity index (χ4v) is 2.17. The summed E-state index contributed by atoms with van der Waals surface area (Å²) in [6.45, 7) is 3.94. The number of benzene rings is 1. The highest BCUT2D eigenvalue weighted by atomic mass is 15.1. The molecule has 0 saturated heterocycles. The molecule has 2 rings (SSSR count). The molecule has 0 spiro atoms. The maximum absolute atomic E-state index is 5.75. The van der Waals surface area contributed by atoms with E-state index in [-0.39, 0.29) is 0 Å². The second kappa shape index (κ2) is 3.71. The van der Waals surface area contributed by atoms with E-state index in [4.69, 9.17) is 5.73 Å². The van der Waals surface area contributed by atoms with Crippen molar-refractivity contribution in [3.05, 3.63) is 34.9 Å². The van der Waals surface area contributed by atoms with Crippen molar-refractivity contribution in [3.8, 4) is 0 Å². The Morgan fingerprint density at radius 3 is 2.93 bits per heavy atom. The van der Waals surface area contributed by atoms with Crippen LogP contribution < -0.4 is 5.73 Å². The van der Waals surface area contributed by atoms with Crippen LogP contribution in [0.1, 0.15) is 16.7 Å². The predicted molar refractivity (Wildman–Crippen MR) is 59.2 cm³/mol. The van der Waals surface area contributed by atoms with Crippen LogP contribution in [0.25, 0.3) is 0 Å². The van der Waals surface area contributed by atoms with E-state index in [9.17, 15) is 0 Å². The minimum absolute atomic E-state index is 0.518. The molecule has 2 N–H and O–H groups in total. The molecule has 2 heteroatoms. The van der Waals surface area contributed by atoms with Gasteiger partial charge >= 0.3 is 0 Å². The van der Waals surface area contributed by atoms with Crippen LogP contribution in [0.3, 0.4) is 0 Å². The van der Waals surface area contributed by atoms with Gasteiger partial charge < -0.3 is 5.73 Å². The molecule has 1 aliphatic rings. The summed E-state index contributed by atoms with van der Waals surface area (Å²) in [6, 6.07) is 7.25. The minimum atomic E-state index is 0.518. The van der Waals surface area contributed by atoms with E-state index in [1.165, 1.54) is 16.7 Å². The topological polar surface area (TPSA) is 29.3 Å². The van der Waals surface area contributed by atoms with Gasteiger partial charge in [-0.15, -0.1) is 0 Å². The lowest BCUT2D eigenvalue weighted by Crippen LogP contribution is -2.42. The Morgan fingerprint density at radius 1 is 1.43 bits per heavy atom. The fourth-order valence-electron chi connectivity index (χ4n) is 2.17. The Hall–Kier alpha value is -0.860. The highest BCUT2D eigenvalue weighted by Gasteiger charge is 2.21. The first-order valence-corrected chi connectivity index (χ1v) is 5.19. The molecule has 2 nitrogen and oxygen atoms in total. The molecule has 0 radical (unpaired) electrons. The molecule has 0 bridgehead atoms. The summed E-state index contributed by atoms with van der Waals surface area (Å²) >= 11 is 0. The second-order valence-corrected chi connectivity index (χ2v) is 4.28. The molecular formula is C12H18N2. The summed E-state index contributed by atoms with van der Waals surface area (Å²) in [5.74, 6) is 0. The number of hydrogen-bond acceptors (Lipinski definition) is 2. The average molecular weight is 190 g/mol. The molecule has 1 atom stereocenters. The van der Waals surface area contributed by atoms with Crippen molar-refractivity contribution < 1.29 is 0 Å². The van der Waals surface area contributed by atoms with Gasteiger partial charge in [-0.1, -0.05) is 23.8 Å². The second-order valence-electron chi connectivity index (χ2n) is 4.28. The van der Waals surface area contributed by atoms with Gasteiger partial charge in [-0.05, 0) is 31.5 Å². The van der Waals surface area contributed by atoms with Gasteiger partial charge in [0.25, 0.3) is 0 Å². The first-order chi connectivity index (χ1) is 6.70. The van der Waals surface area contributed by atoms with Crippen molar-refractivity contribution in [2.24, 2.45) is 5.73 Å². The first kappa shape index (κ1) is 9.69. The fraction of sp³-hybridized carbons (Fsp3) is 0.500. The Balaban J connectivity index is 2.31. The van der Waals surface area contributed by atoms with Gasteiger partial charge in [0.15, 0.2) is 0 Å². The van der Waals surface area contributed by atoms with Crippen molar-refractivity contribution in [2.75, 3.05) is 13.6 Å². The van der Waals surface area contributed by atoms with Crippen LogP contribution in [0.5, 0.6) is 0 Å². The van der Waals surface area contributed by atoms with Crippen LogP contribution in [-0.2, 0) is 13.0 Å². The summed E-state index contributed by atoms with van der Waals surface area (Å²) in [5.41, 5.74) is 10.0. The van der Waals surface area contributed by atoms with Gasteiger partial charge in [-0.2, -0.15) is 0 Å². The average Bonchev–Trinajstić information content (AvgIpc) is 2.17. The quantitative estimate of drug-likeness (QED) is 0.723. The lowest BCUT2D eigenvalue weighted by atomic mass is 9.93. The first-order valence-electron chi connectivity index (χ1n) is 5.19. The van der Waals surface area contributed by atoms with Crippen LogP contribution >= 0.6 is 0 Å². The van der Waals surface area contributed by atoms with Crippen LogP contribution in [-0.4, -0.2) is 24.5 Å². The summed E-state index contributed by atoms with van der Waals surface area (Å²) in [6.07, 6.45) is 1.10. The Morgan fingerprint density at radius 2 is 2.21 bits per heavy atom. The van der Waals surface area contributed by atoms with E-state index < -0.39 is 0 Å². The molecule has 1 aromatic carbocycles. The number of fused-ring (bicyclic) bond motifs is 1. The minimum Gasteiger partial charge on any atom is -0.329 e. The number of aryl methyl sites for hydroxylation is 1. The van der Waals surface area contributed by atoms with Gasteiger partial charge in [-0.3, -0.25) is 4.90 Å². The van der Waals surface area contributed by atoms with Gasteiger partial charge in [0.1, 0.15) is 0 Å². The summed E-state index contributed by atoms with van der Waals surface area (Å²) in [4.78, 5) is 2.34. The number of rotatable bonds is 1. The zero-order valence-corrected chi connectivity index (χ0v) is 8.96. The van der Waals surface area contributed by atoms with Crippen LogP contribution in [0, 0.1) is 6.92 Å².